The van der Waals surface area contributed by atoms with E-state index in [-0.39, 0.29) is 0 Å². The van der Waals surface area contributed by atoms with Crippen molar-refractivity contribution in [2.45, 2.75) is 11.8 Å². The van der Waals surface area contributed by atoms with Gasteiger partial charge in [-0.05, 0) is 39.8 Å². The lowest BCUT2D eigenvalue weighted by atomic mass is 9.59. The highest BCUT2D eigenvalue weighted by atomic mass is 15.0. The molecule has 44 heavy (non-hydrogen) atoms. The van der Waals surface area contributed by atoms with Gasteiger partial charge in [-0.1, -0.05) is 164 Å². The molecule has 1 heterocycles. The van der Waals surface area contributed by atoms with Crippen molar-refractivity contribution in [3.63, 3.8) is 0 Å². The first-order valence-corrected chi connectivity index (χ1v) is 15.0. The molecule has 0 N–H and O–H groups in total. The SMILES string of the molecule is c1ccc(-c2nc(-c3ccccc3)nc(-c3cccc4c3Cc3ccccc3C4(c3ccccc3)c3ccccc3)n2)cc1. The Morgan fingerprint density at radius 1 is 0.386 bits per heavy atom. The van der Waals surface area contributed by atoms with E-state index in [9.17, 15) is 0 Å². The second kappa shape index (κ2) is 10.9. The fraction of sp³-hybridized carbons (Fsp3) is 0.0488. The number of rotatable bonds is 5. The van der Waals surface area contributed by atoms with Gasteiger partial charge in [-0.25, -0.2) is 15.0 Å². The summed E-state index contributed by atoms with van der Waals surface area (Å²) in [5.41, 5.74) is 10.1. The molecule has 0 aliphatic heterocycles. The van der Waals surface area contributed by atoms with E-state index >= 15 is 0 Å². The van der Waals surface area contributed by atoms with E-state index in [4.69, 9.17) is 15.0 Å². The summed E-state index contributed by atoms with van der Waals surface area (Å²) in [6, 6.07) is 57.7. The van der Waals surface area contributed by atoms with E-state index in [2.05, 4.69) is 127 Å². The molecule has 3 nitrogen and oxygen atoms in total. The standard InChI is InChI=1S/C41H29N3/c1-5-16-29(17-6-1)38-42-39(30-18-7-2-8-19-30)44-40(43-38)34-25-15-27-37-35(34)28-31-20-13-14-26-36(31)41(37,32-21-9-3-10-22-32)33-23-11-4-12-24-33/h1-27H,28H2. The van der Waals surface area contributed by atoms with Crippen molar-refractivity contribution >= 4 is 0 Å². The van der Waals surface area contributed by atoms with E-state index in [1.165, 1.54) is 33.4 Å². The lowest BCUT2D eigenvalue weighted by Gasteiger charge is -2.43. The highest BCUT2D eigenvalue weighted by Crippen LogP contribution is 2.52. The van der Waals surface area contributed by atoms with E-state index < -0.39 is 5.41 Å². The van der Waals surface area contributed by atoms with Crippen LogP contribution in [-0.2, 0) is 11.8 Å². The molecule has 0 fully saturated rings. The molecule has 3 heteroatoms. The van der Waals surface area contributed by atoms with Crippen molar-refractivity contribution in [3.8, 4) is 34.2 Å². The Labute approximate surface area is 257 Å². The van der Waals surface area contributed by atoms with Crippen LogP contribution in [0.1, 0.15) is 33.4 Å². The zero-order valence-corrected chi connectivity index (χ0v) is 24.1. The second-order valence-electron chi connectivity index (χ2n) is 11.2. The van der Waals surface area contributed by atoms with E-state index in [1.54, 1.807) is 0 Å². The summed E-state index contributed by atoms with van der Waals surface area (Å²) in [7, 11) is 0. The summed E-state index contributed by atoms with van der Waals surface area (Å²) in [4.78, 5) is 15.2. The van der Waals surface area contributed by atoms with E-state index in [1.807, 2.05) is 36.4 Å². The third-order valence-corrected chi connectivity index (χ3v) is 8.72. The molecule has 0 radical (unpaired) electrons. The first kappa shape index (κ1) is 26.0. The van der Waals surface area contributed by atoms with Crippen molar-refractivity contribution in [3.05, 3.63) is 197 Å². The van der Waals surface area contributed by atoms with Crippen LogP contribution in [0, 0.1) is 0 Å². The van der Waals surface area contributed by atoms with E-state index in [0.717, 1.165) is 23.1 Å². The molecule has 0 amide bonds. The largest absolute Gasteiger partial charge is 0.208 e. The maximum Gasteiger partial charge on any atom is 0.164 e. The van der Waals surface area contributed by atoms with Gasteiger partial charge in [0.1, 0.15) is 0 Å². The number of benzene rings is 6. The fourth-order valence-electron chi connectivity index (χ4n) is 6.81. The van der Waals surface area contributed by atoms with Crippen molar-refractivity contribution < 1.29 is 0 Å². The number of fused-ring (bicyclic) bond motifs is 2. The first-order chi connectivity index (χ1) is 21.8. The highest BCUT2D eigenvalue weighted by molar-refractivity contribution is 5.75. The lowest BCUT2D eigenvalue weighted by molar-refractivity contribution is 0.703. The van der Waals surface area contributed by atoms with Crippen LogP contribution in [-0.4, -0.2) is 15.0 Å². The minimum atomic E-state index is -0.500. The Kier molecular flexibility index (Phi) is 6.42. The number of aromatic nitrogens is 3. The molecule has 0 unspecified atom stereocenters. The average Bonchev–Trinajstić information content (AvgIpc) is 3.11. The Balaban J connectivity index is 1.44. The molecule has 0 atom stereocenters. The predicted octanol–water partition coefficient (Wildman–Crippen LogP) is 9.16. The molecule has 1 aromatic heterocycles. The van der Waals surface area contributed by atoms with Crippen LogP contribution >= 0.6 is 0 Å². The topological polar surface area (TPSA) is 38.7 Å². The van der Waals surface area contributed by atoms with Gasteiger partial charge in [-0.2, -0.15) is 0 Å². The quantitative estimate of drug-likeness (QED) is 0.210. The van der Waals surface area contributed by atoms with Gasteiger partial charge in [0.2, 0.25) is 0 Å². The van der Waals surface area contributed by atoms with Crippen LogP contribution in [0.15, 0.2) is 164 Å². The Morgan fingerprint density at radius 3 is 1.41 bits per heavy atom. The van der Waals surface area contributed by atoms with Gasteiger partial charge >= 0.3 is 0 Å². The molecule has 0 spiro atoms. The highest BCUT2D eigenvalue weighted by Gasteiger charge is 2.44. The van der Waals surface area contributed by atoms with Crippen LogP contribution in [0.5, 0.6) is 0 Å². The summed E-state index contributed by atoms with van der Waals surface area (Å²) < 4.78 is 0. The molecule has 1 aliphatic carbocycles. The molecule has 8 rings (SSSR count). The normalized spacial score (nSPS) is 13.1. The van der Waals surface area contributed by atoms with Crippen molar-refractivity contribution in [2.75, 3.05) is 0 Å². The molecular formula is C41H29N3. The summed E-state index contributed by atoms with van der Waals surface area (Å²) >= 11 is 0. The molecule has 7 aromatic rings. The van der Waals surface area contributed by atoms with Crippen LogP contribution in [0.3, 0.4) is 0 Å². The minimum absolute atomic E-state index is 0.500. The van der Waals surface area contributed by atoms with Gasteiger partial charge in [0, 0.05) is 16.7 Å². The van der Waals surface area contributed by atoms with Crippen molar-refractivity contribution in [2.24, 2.45) is 0 Å². The van der Waals surface area contributed by atoms with Gasteiger partial charge in [-0.3, -0.25) is 0 Å². The number of hydrogen-bond donors (Lipinski definition) is 0. The maximum absolute atomic E-state index is 5.13. The molecule has 0 saturated carbocycles. The number of nitrogens with zero attached hydrogens (tertiary/aromatic N) is 3. The van der Waals surface area contributed by atoms with Gasteiger partial charge in [0.25, 0.3) is 0 Å². The monoisotopic (exact) mass is 563 g/mol. The third kappa shape index (κ3) is 4.25. The van der Waals surface area contributed by atoms with Crippen LogP contribution in [0.2, 0.25) is 0 Å². The number of hydrogen-bond acceptors (Lipinski definition) is 3. The molecule has 1 aliphatic rings. The van der Waals surface area contributed by atoms with Gasteiger partial charge in [0.15, 0.2) is 17.5 Å². The molecule has 6 aromatic carbocycles. The molecular weight excluding hydrogens is 534 g/mol. The van der Waals surface area contributed by atoms with Crippen LogP contribution in [0.25, 0.3) is 34.2 Å². The van der Waals surface area contributed by atoms with E-state index in [0.29, 0.717) is 17.5 Å². The van der Waals surface area contributed by atoms with Gasteiger partial charge in [0.05, 0.1) is 5.41 Å². The minimum Gasteiger partial charge on any atom is -0.208 e. The van der Waals surface area contributed by atoms with Gasteiger partial charge in [-0.15, -0.1) is 0 Å². The molecule has 0 bridgehead atoms. The van der Waals surface area contributed by atoms with Crippen LogP contribution < -0.4 is 0 Å². The zero-order chi connectivity index (χ0) is 29.3. The van der Waals surface area contributed by atoms with Crippen LogP contribution in [0.4, 0.5) is 0 Å². The second-order valence-corrected chi connectivity index (χ2v) is 11.2. The predicted molar refractivity (Wildman–Crippen MR) is 177 cm³/mol. The summed E-state index contributed by atoms with van der Waals surface area (Å²) in [6.07, 6.45) is 0.788. The maximum atomic E-state index is 5.13. The zero-order valence-electron chi connectivity index (χ0n) is 24.1. The smallest absolute Gasteiger partial charge is 0.164 e. The molecule has 0 saturated heterocycles. The summed E-state index contributed by atoms with van der Waals surface area (Å²) in [5.74, 6) is 2.02. The van der Waals surface area contributed by atoms with Gasteiger partial charge < -0.3 is 0 Å². The fourth-order valence-corrected chi connectivity index (χ4v) is 6.81. The Morgan fingerprint density at radius 2 is 0.841 bits per heavy atom. The van der Waals surface area contributed by atoms with Crippen molar-refractivity contribution in [1.29, 1.82) is 0 Å². The average molecular weight is 564 g/mol. The third-order valence-electron chi connectivity index (χ3n) is 8.72. The molecule has 208 valence electrons. The Hall–Kier alpha value is -5.67. The lowest BCUT2D eigenvalue weighted by Crippen LogP contribution is -2.36. The van der Waals surface area contributed by atoms with Crippen molar-refractivity contribution in [1.82, 2.24) is 15.0 Å². The first-order valence-electron chi connectivity index (χ1n) is 15.0. The summed E-state index contributed by atoms with van der Waals surface area (Å²) in [6.45, 7) is 0. The summed E-state index contributed by atoms with van der Waals surface area (Å²) in [5, 5.41) is 0. The Bertz CT molecular complexity index is 1980.